The van der Waals surface area contributed by atoms with Crippen molar-refractivity contribution >= 4 is 23.3 Å². The number of nitro groups is 1. The Morgan fingerprint density at radius 3 is 2.34 bits per heavy atom. The van der Waals surface area contributed by atoms with Crippen LogP contribution in [0.5, 0.6) is 5.75 Å². The molecule has 0 aliphatic carbocycles. The minimum absolute atomic E-state index is 0.156. The molecular formula is C18H15F3N2O6. The van der Waals surface area contributed by atoms with Crippen LogP contribution in [0.15, 0.2) is 48.5 Å². The summed E-state index contributed by atoms with van der Waals surface area (Å²) < 4.78 is 48.8. The molecule has 0 saturated carbocycles. The quantitative estimate of drug-likeness (QED) is 0.423. The number of esters is 1. The lowest BCUT2D eigenvalue weighted by molar-refractivity contribution is -0.384. The van der Waals surface area contributed by atoms with Crippen LogP contribution >= 0.6 is 0 Å². The second-order valence-corrected chi connectivity index (χ2v) is 5.70. The van der Waals surface area contributed by atoms with Crippen molar-refractivity contribution in [3.63, 3.8) is 0 Å². The molecule has 0 radical (unpaired) electrons. The Labute approximate surface area is 162 Å². The summed E-state index contributed by atoms with van der Waals surface area (Å²) in [5.74, 6) is -1.75. The fraction of sp³-hybridized carbons (Fsp3) is 0.222. The second-order valence-electron chi connectivity index (χ2n) is 5.70. The van der Waals surface area contributed by atoms with Gasteiger partial charge in [0.15, 0.2) is 12.7 Å². The third-order valence-electron chi connectivity index (χ3n) is 3.57. The molecule has 0 saturated heterocycles. The summed E-state index contributed by atoms with van der Waals surface area (Å²) in [6.45, 7) is 0.587. The van der Waals surface area contributed by atoms with Crippen molar-refractivity contribution in [3.05, 3.63) is 64.2 Å². The summed E-state index contributed by atoms with van der Waals surface area (Å²) in [4.78, 5) is 33.8. The van der Waals surface area contributed by atoms with Crippen molar-refractivity contribution in [3.8, 4) is 5.75 Å². The molecule has 2 aromatic rings. The van der Waals surface area contributed by atoms with E-state index in [0.717, 1.165) is 12.1 Å². The van der Waals surface area contributed by atoms with Crippen molar-refractivity contribution in [1.29, 1.82) is 0 Å². The lowest BCUT2D eigenvalue weighted by Crippen LogP contribution is -2.32. The van der Waals surface area contributed by atoms with Crippen LogP contribution in [-0.2, 0) is 20.5 Å². The molecule has 2 rings (SSSR count). The van der Waals surface area contributed by atoms with Gasteiger partial charge in [0.2, 0.25) is 0 Å². The molecule has 1 N–H and O–H groups in total. The highest BCUT2D eigenvalue weighted by molar-refractivity contribution is 5.95. The number of nitrogens with zero attached hydrogens (tertiary/aromatic N) is 1. The number of alkyl halides is 3. The number of amides is 1. The Balaban J connectivity index is 1.89. The Hall–Kier alpha value is -3.63. The highest BCUT2D eigenvalue weighted by Gasteiger charge is 2.34. The number of hydrogen-bond acceptors (Lipinski definition) is 6. The Bertz CT molecular complexity index is 899. The number of ether oxygens (including phenoxy) is 2. The average Bonchev–Trinajstić information content (AvgIpc) is 2.66. The number of anilines is 1. The molecule has 2 aromatic carbocycles. The van der Waals surface area contributed by atoms with Crippen molar-refractivity contribution in [2.75, 3.05) is 11.9 Å². The van der Waals surface area contributed by atoms with E-state index >= 15 is 0 Å². The molecule has 0 aromatic heterocycles. The maximum absolute atomic E-state index is 13.0. The molecule has 29 heavy (non-hydrogen) atoms. The number of halogens is 3. The standard InChI is InChI=1S/C18H15F3N2O6/c1-11(17(25)22-15-5-3-2-4-14(15)18(19,20)21)29-16(24)10-28-13-8-6-12(7-9-13)23(26)27/h2-9,11H,10H2,1H3,(H,22,25)/t11-/m1/s1. The van der Waals surface area contributed by atoms with Crippen LogP contribution in [-0.4, -0.2) is 29.5 Å². The van der Waals surface area contributed by atoms with Gasteiger partial charge in [-0.1, -0.05) is 12.1 Å². The highest BCUT2D eigenvalue weighted by atomic mass is 19.4. The summed E-state index contributed by atoms with van der Waals surface area (Å²) in [6, 6.07) is 9.28. The van der Waals surface area contributed by atoms with Crippen LogP contribution in [0, 0.1) is 10.1 Å². The lowest BCUT2D eigenvalue weighted by atomic mass is 10.1. The van der Waals surface area contributed by atoms with E-state index in [1.165, 1.54) is 43.3 Å². The van der Waals surface area contributed by atoms with Gasteiger partial charge in [-0.3, -0.25) is 14.9 Å². The van der Waals surface area contributed by atoms with E-state index in [4.69, 9.17) is 9.47 Å². The van der Waals surface area contributed by atoms with Gasteiger partial charge >= 0.3 is 12.1 Å². The minimum Gasteiger partial charge on any atom is -0.482 e. The van der Waals surface area contributed by atoms with Gasteiger partial charge < -0.3 is 14.8 Å². The first-order valence-corrected chi connectivity index (χ1v) is 8.11. The molecule has 154 valence electrons. The molecule has 1 amide bonds. The van der Waals surface area contributed by atoms with E-state index < -0.39 is 46.9 Å². The Kier molecular flexibility index (Phi) is 6.75. The van der Waals surface area contributed by atoms with Crippen LogP contribution in [0.4, 0.5) is 24.5 Å². The number of benzene rings is 2. The first-order valence-electron chi connectivity index (χ1n) is 8.11. The molecule has 0 bridgehead atoms. The fourth-order valence-corrected chi connectivity index (χ4v) is 2.16. The topological polar surface area (TPSA) is 108 Å². The first-order chi connectivity index (χ1) is 13.6. The third-order valence-corrected chi connectivity index (χ3v) is 3.57. The fourth-order valence-electron chi connectivity index (χ4n) is 2.16. The molecule has 0 fully saturated rings. The van der Waals surface area contributed by atoms with Crippen LogP contribution in [0.3, 0.4) is 0 Å². The molecule has 0 aliphatic rings. The molecule has 11 heteroatoms. The average molecular weight is 412 g/mol. The third kappa shape index (κ3) is 6.19. The number of para-hydroxylation sites is 1. The maximum Gasteiger partial charge on any atom is 0.418 e. The summed E-state index contributed by atoms with van der Waals surface area (Å²) in [7, 11) is 0. The molecule has 0 unspecified atom stereocenters. The molecule has 0 heterocycles. The highest BCUT2D eigenvalue weighted by Crippen LogP contribution is 2.34. The second kappa shape index (κ2) is 9.04. The smallest absolute Gasteiger partial charge is 0.418 e. The molecule has 1 atom stereocenters. The number of rotatable bonds is 7. The van der Waals surface area contributed by atoms with Crippen LogP contribution < -0.4 is 10.1 Å². The van der Waals surface area contributed by atoms with Gasteiger partial charge in [-0.2, -0.15) is 13.2 Å². The van der Waals surface area contributed by atoms with Crippen LogP contribution in [0.25, 0.3) is 0 Å². The molecular weight excluding hydrogens is 397 g/mol. The van der Waals surface area contributed by atoms with E-state index in [-0.39, 0.29) is 11.4 Å². The monoisotopic (exact) mass is 412 g/mol. The summed E-state index contributed by atoms with van der Waals surface area (Å²) in [5, 5.41) is 12.6. The number of nitrogens with one attached hydrogen (secondary N) is 1. The summed E-state index contributed by atoms with van der Waals surface area (Å²) >= 11 is 0. The first kappa shape index (κ1) is 21.7. The van der Waals surface area contributed by atoms with Gasteiger partial charge in [0, 0.05) is 12.1 Å². The zero-order valence-corrected chi connectivity index (χ0v) is 14.9. The van der Waals surface area contributed by atoms with Crippen molar-refractivity contribution in [1.82, 2.24) is 0 Å². The van der Waals surface area contributed by atoms with Gasteiger partial charge in [-0.25, -0.2) is 4.79 Å². The normalized spacial score (nSPS) is 12.0. The molecule has 0 spiro atoms. The minimum atomic E-state index is -4.66. The van der Waals surface area contributed by atoms with E-state index in [0.29, 0.717) is 0 Å². The van der Waals surface area contributed by atoms with Crippen molar-refractivity contribution < 1.29 is 37.2 Å². The number of non-ortho nitro benzene ring substituents is 1. The molecule has 0 aliphatic heterocycles. The zero-order chi connectivity index (χ0) is 21.6. The SMILES string of the molecule is C[C@@H](OC(=O)COc1ccc([N+](=O)[O-])cc1)C(=O)Nc1ccccc1C(F)(F)F. The predicted octanol–water partition coefficient (Wildman–Crippen LogP) is 3.56. The number of nitro benzene ring substituents is 1. The number of carbonyl (C=O) groups is 2. The summed E-state index contributed by atoms with van der Waals surface area (Å²) in [6.07, 6.45) is -6.05. The predicted molar refractivity (Wildman–Crippen MR) is 94.2 cm³/mol. The van der Waals surface area contributed by atoms with E-state index in [1.54, 1.807) is 0 Å². The largest absolute Gasteiger partial charge is 0.482 e. The lowest BCUT2D eigenvalue weighted by Gasteiger charge is -2.17. The van der Waals surface area contributed by atoms with E-state index in [2.05, 4.69) is 5.32 Å². The van der Waals surface area contributed by atoms with Gasteiger partial charge in [0.05, 0.1) is 16.2 Å². The Morgan fingerprint density at radius 2 is 1.76 bits per heavy atom. The Morgan fingerprint density at radius 1 is 1.14 bits per heavy atom. The van der Waals surface area contributed by atoms with Crippen LogP contribution in [0.2, 0.25) is 0 Å². The molecule has 8 nitrogen and oxygen atoms in total. The van der Waals surface area contributed by atoms with Gasteiger partial charge in [-0.05, 0) is 31.2 Å². The van der Waals surface area contributed by atoms with Crippen molar-refractivity contribution in [2.24, 2.45) is 0 Å². The maximum atomic E-state index is 13.0. The number of hydrogen-bond donors (Lipinski definition) is 1. The van der Waals surface area contributed by atoms with Gasteiger partial charge in [-0.15, -0.1) is 0 Å². The van der Waals surface area contributed by atoms with E-state index in [9.17, 15) is 32.9 Å². The zero-order valence-electron chi connectivity index (χ0n) is 14.9. The summed E-state index contributed by atoms with van der Waals surface area (Å²) in [5.41, 5.74) is -1.66. The number of carbonyl (C=O) groups excluding carboxylic acids is 2. The van der Waals surface area contributed by atoms with Gasteiger partial charge in [0.1, 0.15) is 5.75 Å². The van der Waals surface area contributed by atoms with Crippen LogP contribution in [0.1, 0.15) is 12.5 Å². The van der Waals surface area contributed by atoms with E-state index in [1.807, 2.05) is 0 Å². The van der Waals surface area contributed by atoms with Crippen molar-refractivity contribution in [2.45, 2.75) is 19.2 Å². The van der Waals surface area contributed by atoms with Gasteiger partial charge in [0.25, 0.3) is 11.6 Å².